The van der Waals surface area contributed by atoms with Crippen molar-refractivity contribution in [3.8, 4) is 0 Å². The van der Waals surface area contributed by atoms with Crippen molar-refractivity contribution in [2.24, 2.45) is 0 Å². The predicted molar refractivity (Wildman–Crippen MR) is 31.7 cm³/mol. The van der Waals surface area contributed by atoms with Gasteiger partial charge in [0.05, 0.1) is 0 Å². The molecule has 54 valence electrons. The van der Waals surface area contributed by atoms with Crippen molar-refractivity contribution < 1.29 is 13.9 Å². The first-order chi connectivity index (χ1) is 4.16. The Kier molecular flexibility index (Phi) is 4.40. The van der Waals surface area contributed by atoms with Crippen LogP contribution in [-0.2, 0) is 9.53 Å². The van der Waals surface area contributed by atoms with Gasteiger partial charge in [-0.2, -0.15) is 4.39 Å². The Labute approximate surface area is 57.9 Å². The number of hydrogen-bond acceptors (Lipinski definition) is 2. The van der Waals surface area contributed by atoms with E-state index in [1.165, 1.54) is 0 Å². The van der Waals surface area contributed by atoms with E-state index in [2.05, 4.69) is 4.74 Å². The van der Waals surface area contributed by atoms with Crippen molar-refractivity contribution >= 4 is 17.6 Å². The molecule has 0 N–H and O–H groups in total. The fourth-order valence-corrected chi connectivity index (χ4v) is 0.462. The summed E-state index contributed by atoms with van der Waals surface area (Å²) in [5.41, 5.74) is 0. The normalized spacial score (nSPS) is 12.8. The summed E-state index contributed by atoms with van der Waals surface area (Å²) in [6.45, 7) is 1.79. The molecule has 0 aliphatic carbocycles. The van der Waals surface area contributed by atoms with Gasteiger partial charge in [0.25, 0.3) is 0 Å². The van der Waals surface area contributed by atoms with Gasteiger partial charge in [0.1, 0.15) is 0 Å². The van der Waals surface area contributed by atoms with E-state index in [1.54, 1.807) is 6.92 Å². The molecule has 0 spiro atoms. The Bertz CT molecular complexity index is 95.0. The molecule has 0 bridgehead atoms. The standard InChI is InChI=1S/C5H8ClFO2/c1-2-3-4(8)9-5(6)7/h5H,2-3H2,1H3. The number of carbonyl (C=O) groups excluding carboxylic acids is 1. The molecule has 0 aliphatic heterocycles. The van der Waals surface area contributed by atoms with Crippen LogP contribution in [0.1, 0.15) is 19.8 Å². The van der Waals surface area contributed by atoms with Crippen LogP contribution in [0.4, 0.5) is 4.39 Å². The summed E-state index contributed by atoms with van der Waals surface area (Å²) in [4.78, 5) is 10.3. The highest BCUT2D eigenvalue weighted by molar-refractivity contribution is 6.19. The van der Waals surface area contributed by atoms with E-state index in [-0.39, 0.29) is 6.42 Å². The third-order valence-corrected chi connectivity index (χ3v) is 0.764. The Morgan fingerprint density at radius 2 is 2.44 bits per heavy atom. The number of hydrogen-bond donors (Lipinski definition) is 0. The highest BCUT2D eigenvalue weighted by Gasteiger charge is 2.06. The van der Waals surface area contributed by atoms with Gasteiger partial charge in [-0.25, -0.2) is 0 Å². The number of esters is 1. The number of carbonyl (C=O) groups is 1. The molecule has 0 saturated heterocycles. The molecular weight excluding hydrogens is 147 g/mol. The lowest BCUT2D eigenvalue weighted by Crippen LogP contribution is -2.07. The summed E-state index contributed by atoms with van der Waals surface area (Å²) in [6.07, 6.45) is 0.857. The number of ether oxygens (including phenoxy) is 1. The lowest BCUT2D eigenvalue weighted by atomic mass is 10.3. The minimum atomic E-state index is -2.00. The summed E-state index contributed by atoms with van der Waals surface area (Å²) >= 11 is 4.70. The molecule has 0 rings (SSSR count). The number of rotatable bonds is 3. The minimum Gasteiger partial charge on any atom is -0.417 e. The van der Waals surface area contributed by atoms with Crippen molar-refractivity contribution in [3.05, 3.63) is 0 Å². The van der Waals surface area contributed by atoms with E-state index in [0.29, 0.717) is 6.42 Å². The van der Waals surface area contributed by atoms with Crippen LogP contribution < -0.4 is 0 Å². The van der Waals surface area contributed by atoms with Crippen molar-refractivity contribution in [2.45, 2.75) is 25.6 Å². The predicted octanol–water partition coefficient (Wildman–Crippen LogP) is 1.82. The summed E-state index contributed by atoms with van der Waals surface area (Å²) in [5.74, 6) is -2.59. The van der Waals surface area contributed by atoms with Crippen LogP contribution in [0.15, 0.2) is 0 Å². The van der Waals surface area contributed by atoms with Crippen molar-refractivity contribution in [2.75, 3.05) is 0 Å². The molecule has 9 heavy (non-hydrogen) atoms. The highest BCUT2D eigenvalue weighted by Crippen LogP contribution is 2.01. The van der Waals surface area contributed by atoms with E-state index in [1.807, 2.05) is 0 Å². The van der Waals surface area contributed by atoms with Crippen LogP contribution in [0, 0.1) is 0 Å². The van der Waals surface area contributed by atoms with Gasteiger partial charge in [-0.3, -0.25) is 4.79 Å². The molecule has 0 aromatic rings. The first-order valence-electron chi connectivity index (χ1n) is 2.64. The molecule has 4 heteroatoms. The van der Waals surface area contributed by atoms with Crippen molar-refractivity contribution in [1.82, 2.24) is 0 Å². The molecule has 0 heterocycles. The third-order valence-electron chi connectivity index (χ3n) is 0.675. The number of alkyl halides is 2. The van der Waals surface area contributed by atoms with Crippen molar-refractivity contribution in [1.29, 1.82) is 0 Å². The summed E-state index contributed by atoms with van der Waals surface area (Å²) in [7, 11) is 0. The molecule has 0 aliphatic rings. The summed E-state index contributed by atoms with van der Waals surface area (Å²) < 4.78 is 15.5. The van der Waals surface area contributed by atoms with Gasteiger partial charge in [-0.15, -0.1) is 0 Å². The molecule has 1 atom stereocenters. The second-order valence-electron chi connectivity index (χ2n) is 1.50. The maximum absolute atomic E-state index is 11.6. The quantitative estimate of drug-likeness (QED) is 0.458. The first-order valence-corrected chi connectivity index (χ1v) is 3.08. The van der Waals surface area contributed by atoms with Gasteiger partial charge >= 0.3 is 11.8 Å². The van der Waals surface area contributed by atoms with Gasteiger partial charge in [-0.1, -0.05) is 6.92 Å². The average molecular weight is 155 g/mol. The van der Waals surface area contributed by atoms with Crippen LogP contribution in [0.3, 0.4) is 0 Å². The van der Waals surface area contributed by atoms with E-state index < -0.39 is 11.8 Å². The zero-order valence-corrected chi connectivity index (χ0v) is 5.82. The van der Waals surface area contributed by atoms with Gasteiger partial charge < -0.3 is 4.74 Å². The summed E-state index contributed by atoms with van der Waals surface area (Å²) in [5, 5.41) is 0. The van der Waals surface area contributed by atoms with Gasteiger partial charge in [-0.05, 0) is 18.0 Å². The second-order valence-corrected chi connectivity index (χ2v) is 1.84. The lowest BCUT2D eigenvalue weighted by Gasteiger charge is -2.00. The van der Waals surface area contributed by atoms with E-state index in [9.17, 15) is 9.18 Å². The Hall–Kier alpha value is -0.310. The molecule has 0 saturated carbocycles. The maximum atomic E-state index is 11.6. The molecule has 1 unspecified atom stereocenters. The lowest BCUT2D eigenvalue weighted by molar-refractivity contribution is -0.150. The fourth-order valence-electron chi connectivity index (χ4n) is 0.362. The summed E-state index contributed by atoms with van der Waals surface area (Å²) in [6, 6.07) is 0. The Balaban J connectivity index is 3.27. The molecule has 0 fully saturated rings. The van der Waals surface area contributed by atoms with E-state index >= 15 is 0 Å². The Morgan fingerprint density at radius 1 is 1.89 bits per heavy atom. The molecule has 0 radical (unpaired) electrons. The smallest absolute Gasteiger partial charge is 0.318 e. The monoisotopic (exact) mass is 154 g/mol. The van der Waals surface area contributed by atoms with Crippen LogP contribution >= 0.6 is 11.6 Å². The topological polar surface area (TPSA) is 26.3 Å². The molecule has 0 aromatic carbocycles. The molecule has 2 nitrogen and oxygen atoms in total. The molecule has 0 aromatic heterocycles. The Morgan fingerprint density at radius 3 is 2.78 bits per heavy atom. The first kappa shape index (κ1) is 8.69. The van der Waals surface area contributed by atoms with Gasteiger partial charge in [0.2, 0.25) is 0 Å². The number of halogens is 2. The van der Waals surface area contributed by atoms with Crippen LogP contribution in [0.25, 0.3) is 0 Å². The minimum absolute atomic E-state index is 0.215. The second kappa shape index (κ2) is 4.56. The van der Waals surface area contributed by atoms with E-state index in [4.69, 9.17) is 11.6 Å². The zero-order valence-electron chi connectivity index (χ0n) is 5.06. The van der Waals surface area contributed by atoms with E-state index in [0.717, 1.165) is 0 Å². The molecular formula is C5H8ClFO2. The van der Waals surface area contributed by atoms with Crippen molar-refractivity contribution in [3.63, 3.8) is 0 Å². The van der Waals surface area contributed by atoms with Crippen LogP contribution in [-0.4, -0.2) is 11.8 Å². The molecule has 0 amide bonds. The average Bonchev–Trinajstić information content (AvgIpc) is 1.63. The fraction of sp³-hybridized carbons (Fsp3) is 0.800. The van der Waals surface area contributed by atoms with Gasteiger partial charge in [0, 0.05) is 6.42 Å². The third kappa shape index (κ3) is 5.56. The highest BCUT2D eigenvalue weighted by atomic mass is 35.5. The maximum Gasteiger partial charge on any atom is 0.318 e. The largest absolute Gasteiger partial charge is 0.417 e. The van der Waals surface area contributed by atoms with Gasteiger partial charge in [0.15, 0.2) is 0 Å². The van der Waals surface area contributed by atoms with Crippen LogP contribution in [0.5, 0.6) is 0 Å². The zero-order chi connectivity index (χ0) is 7.28. The SMILES string of the molecule is CCCC(=O)OC(F)Cl. The van der Waals surface area contributed by atoms with Crippen LogP contribution in [0.2, 0.25) is 0 Å².